The molecule has 2 atom stereocenters. The molecule has 0 amide bonds. The highest BCUT2D eigenvalue weighted by Crippen LogP contribution is 2.64. The third-order valence-electron chi connectivity index (χ3n) is 5.48. The second-order valence-corrected chi connectivity index (χ2v) is 6.56. The molecule has 0 spiro atoms. The highest BCUT2D eigenvalue weighted by atomic mass is 16.1. The molecule has 2 saturated carbocycles. The van der Waals surface area contributed by atoms with Crippen LogP contribution in [0.5, 0.6) is 0 Å². The van der Waals surface area contributed by atoms with E-state index in [2.05, 4.69) is 26.0 Å². The van der Waals surface area contributed by atoms with Crippen LogP contribution in [0.1, 0.15) is 38.7 Å². The Morgan fingerprint density at radius 2 is 1.95 bits per heavy atom. The second-order valence-electron chi connectivity index (χ2n) is 6.56. The Morgan fingerprint density at radius 1 is 1.26 bits per heavy atom. The minimum atomic E-state index is -0.237. The van der Waals surface area contributed by atoms with Crippen molar-refractivity contribution in [3.05, 3.63) is 35.9 Å². The van der Waals surface area contributed by atoms with Crippen LogP contribution >= 0.6 is 0 Å². The number of nitrogen functional groups attached to an aromatic ring is 1. The summed E-state index contributed by atoms with van der Waals surface area (Å²) in [5, 5.41) is 0. The highest BCUT2D eigenvalue weighted by molar-refractivity contribution is 5.92. The van der Waals surface area contributed by atoms with Gasteiger partial charge in [0.25, 0.3) is 0 Å². The lowest BCUT2D eigenvalue weighted by atomic mass is 9.68. The largest absolute Gasteiger partial charge is 0.399 e. The SMILES string of the molecule is CC1(C)C2CCC1(C=Cc1ccc(N)cc1)C(=O)C2. The molecule has 2 aliphatic rings. The Morgan fingerprint density at radius 3 is 2.47 bits per heavy atom. The molecule has 2 nitrogen and oxygen atoms in total. The van der Waals surface area contributed by atoms with Crippen molar-refractivity contribution < 1.29 is 4.79 Å². The number of anilines is 1. The monoisotopic (exact) mass is 255 g/mol. The average molecular weight is 255 g/mol. The van der Waals surface area contributed by atoms with Gasteiger partial charge in [-0.05, 0) is 41.9 Å². The molecule has 1 aromatic rings. The Balaban J connectivity index is 1.93. The van der Waals surface area contributed by atoms with E-state index in [4.69, 9.17) is 5.73 Å². The zero-order chi connectivity index (χ0) is 13.7. The van der Waals surface area contributed by atoms with E-state index in [9.17, 15) is 4.79 Å². The van der Waals surface area contributed by atoms with Gasteiger partial charge < -0.3 is 5.73 Å². The van der Waals surface area contributed by atoms with Gasteiger partial charge in [0, 0.05) is 12.1 Å². The van der Waals surface area contributed by atoms with E-state index in [0.717, 1.165) is 24.1 Å². The van der Waals surface area contributed by atoms with Crippen molar-refractivity contribution in [1.82, 2.24) is 0 Å². The average Bonchev–Trinajstić information content (AvgIpc) is 2.72. The summed E-state index contributed by atoms with van der Waals surface area (Å²) in [5.41, 5.74) is 7.44. The number of carbonyl (C=O) groups is 1. The van der Waals surface area contributed by atoms with Gasteiger partial charge in [0.1, 0.15) is 5.78 Å². The molecule has 0 aliphatic heterocycles. The number of nitrogens with two attached hydrogens (primary N) is 1. The van der Waals surface area contributed by atoms with E-state index in [0.29, 0.717) is 11.7 Å². The number of Topliss-reactive ketones (excluding diaryl/α,β-unsaturated/α-hetero) is 1. The quantitative estimate of drug-likeness (QED) is 0.819. The van der Waals surface area contributed by atoms with Crippen LogP contribution in [0.15, 0.2) is 30.3 Å². The van der Waals surface area contributed by atoms with Crippen LogP contribution in [0, 0.1) is 16.7 Å². The molecule has 0 heterocycles. The molecule has 0 aromatic heterocycles. The van der Waals surface area contributed by atoms with Crippen LogP contribution in [0.4, 0.5) is 5.69 Å². The molecule has 2 bridgehead atoms. The summed E-state index contributed by atoms with van der Waals surface area (Å²) in [6.07, 6.45) is 7.21. The molecule has 2 N–H and O–H groups in total. The molecule has 100 valence electrons. The molecule has 2 aliphatic carbocycles. The number of fused-ring (bicyclic) bond motifs is 2. The fraction of sp³-hybridized carbons (Fsp3) is 0.471. The lowest BCUT2D eigenvalue weighted by molar-refractivity contribution is -0.126. The number of hydrogen-bond acceptors (Lipinski definition) is 2. The number of rotatable bonds is 2. The summed E-state index contributed by atoms with van der Waals surface area (Å²) in [6, 6.07) is 7.80. The summed E-state index contributed by atoms with van der Waals surface area (Å²) in [6.45, 7) is 4.51. The molecule has 0 saturated heterocycles. The highest BCUT2D eigenvalue weighted by Gasteiger charge is 2.62. The van der Waals surface area contributed by atoms with Crippen LogP contribution in [0.25, 0.3) is 6.08 Å². The summed E-state index contributed by atoms with van der Waals surface area (Å²) in [5.74, 6) is 0.997. The van der Waals surface area contributed by atoms with Crippen LogP contribution in [0.2, 0.25) is 0 Å². The minimum absolute atomic E-state index is 0.106. The van der Waals surface area contributed by atoms with Gasteiger partial charge in [-0.3, -0.25) is 4.79 Å². The van der Waals surface area contributed by atoms with E-state index >= 15 is 0 Å². The van der Waals surface area contributed by atoms with Crippen molar-refractivity contribution in [3.8, 4) is 0 Å². The predicted octanol–water partition coefficient (Wildman–Crippen LogP) is 3.68. The fourth-order valence-electron chi connectivity index (χ4n) is 3.95. The van der Waals surface area contributed by atoms with Gasteiger partial charge in [-0.1, -0.05) is 38.1 Å². The third kappa shape index (κ3) is 1.66. The van der Waals surface area contributed by atoms with E-state index < -0.39 is 0 Å². The minimum Gasteiger partial charge on any atom is -0.399 e. The van der Waals surface area contributed by atoms with Gasteiger partial charge in [0.2, 0.25) is 0 Å². The summed E-state index contributed by atoms with van der Waals surface area (Å²) < 4.78 is 0. The van der Waals surface area contributed by atoms with Gasteiger partial charge in [-0.15, -0.1) is 0 Å². The molecular formula is C17H21NO. The summed E-state index contributed by atoms with van der Waals surface area (Å²) in [4.78, 5) is 12.4. The maximum atomic E-state index is 12.4. The topological polar surface area (TPSA) is 43.1 Å². The molecule has 2 fully saturated rings. The van der Waals surface area contributed by atoms with Crippen molar-refractivity contribution >= 4 is 17.5 Å². The smallest absolute Gasteiger partial charge is 0.143 e. The number of allylic oxidation sites excluding steroid dienone is 1. The first-order chi connectivity index (χ1) is 8.96. The van der Waals surface area contributed by atoms with Gasteiger partial charge in [-0.25, -0.2) is 0 Å². The fourth-order valence-corrected chi connectivity index (χ4v) is 3.95. The van der Waals surface area contributed by atoms with E-state index in [1.807, 2.05) is 24.3 Å². The van der Waals surface area contributed by atoms with Crippen molar-refractivity contribution in [2.45, 2.75) is 33.1 Å². The first-order valence-corrected chi connectivity index (χ1v) is 7.04. The van der Waals surface area contributed by atoms with E-state index in [1.165, 1.54) is 6.42 Å². The zero-order valence-electron chi connectivity index (χ0n) is 11.6. The second kappa shape index (κ2) is 3.96. The molecule has 2 unspecified atom stereocenters. The Kier molecular flexibility index (Phi) is 2.60. The lowest BCUT2D eigenvalue weighted by Crippen LogP contribution is -2.33. The summed E-state index contributed by atoms with van der Waals surface area (Å²) in [7, 11) is 0. The van der Waals surface area contributed by atoms with Gasteiger partial charge in [0.15, 0.2) is 0 Å². The number of benzene rings is 1. The van der Waals surface area contributed by atoms with Crippen LogP contribution in [-0.2, 0) is 4.79 Å². The molecule has 19 heavy (non-hydrogen) atoms. The van der Waals surface area contributed by atoms with Gasteiger partial charge >= 0.3 is 0 Å². The Bertz CT molecular complexity index is 541. The lowest BCUT2D eigenvalue weighted by Gasteiger charge is -2.33. The molecule has 3 rings (SSSR count). The number of carbonyl (C=O) groups excluding carboxylic acids is 1. The first-order valence-electron chi connectivity index (χ1n) is 7.04. The van der Waals surface area contributed by atoms with Crippen LogP contribution < -0.4 is 5.73 Å². The molecule has 1 aromatic carbocycles. The van der Waals surface area contributed by atoms with E-state index in [1.54, 1.807) is 0 Å². The number of hydrogen-bond donors (Lipinski definition) is 1. The Hall–Kier alpha value is -1.57. The van der Waals surface area contributed by atoms with Crippen LogP contribution in [-0.4, -0.2) is 5.78 Å². The van der Waals surface area contributed by atoms with E-state index in [-0.39, 0.29) is 10.8 Å². The summed E-state index contributed by atoms with van der Waals surface area (Å²) >= 11 is 0. The van der Waals surface area contributed by atoms with Gasteiger partial charge in [-0.2, -0.15) is 0 Å². The number of ketones is 1. The van der Waals surface area contributed by atoms with Gasteiger partial charge in [0.05, 0.1) is 5.41 Å². The molecular weight excluding hydrogens is 234 g/mol. The first kappa shape index (κ1) is 12.5. The van der Waals surface area contributed by atoms with Crippen molar-refractivity contribution in [1.29, 1.82) is 0 Å². The standard InChI is InChI=1S/C17H21NO/c1-16(2)13-8-10-17(16,15(19)11-13)9-7-12-3-5-14(18)6-4-12/h3-7,9,13H,8,10-11,18H2,1-2H3. The molecule has 0 radical (unpaired) electrons. The van der Waals surface area contributed by atoms with Crippen LogP contribution in [0.3, 0.4) is 0 Å². The maximum absolute atomic E-state index is 12.4. The normalized spacial score (nSPS) is 32.3. The van der Waals surface area contributed by atoms with Crippen molar-refractivity contribution in [2.75, 3.05) is 5.73 Å². The Labute approximate surface area is 114 Å². The van der Waals surface area contributed by atoms with Crippen molar-refractivity contribution in [3.63, 3.8) is 0 Å². The van der Waals surface area contributed by atoms with Crippen molar-refractivity contribution in [2.24, 2.45) is 16.7 Å². The zero-order valence-corrected chi connectivity index (χ0v) is 11.6. The third-order valence-corrected chi connectivity index (χ3v) is 5.48. The predicted molar refractivity (Wildman–Crippen MR) is 78.5 cm³/mol. The maximum Gasteiger partial charge on any atom is 0.143 e. The molecule has 2 heteroatoms.